The van der Waals surface area contributed by atoms with E-state index in [9.17, 15) is 9.59 Å². The van der Waals surface area contributed by atoms with Crippen molar-refractivity contribution in [2.75, 3.05) is 13.7 Å². The molecule has 3 heterocycles. The summed E-state index contributed by atoms with van der Waals surface area (Å²) in [4.78, 5) is 33.9. The second kappa shape index (κ2) is 13.1. The number of hydrogen-bond donors (Lipinski definition) is 0. The first-order valence-corrected chi connectivity index (χ1v) is 17.3. The number of nitrogens with zero attached hydrogens (tertiary/aromatic N) is 3. The number of carbonyl (C=O) groups excluding carboxylic acids is 1. The first kappa shape index (κ1) is 31.3. The second-order valence-electron chi connectivity index (χ2n) is 12.1. The molecule has 1 atom stereocenters. The third-order valence-corrected chi connectivity index (χ3v) is 10.1. The van der Waals surface area contributed by atoms with Crippen LogP contribution in [0, 0.1) is 0 Å². The lowest BCUT2D eigenvalue weighted by Gasteiger charge is -2.26. The monoisotopic (exact) mass is 675 g/mol. The van der Waals surface area contributed by atoms with Crippen molar-refractivity contribution >= 4 is 50.8 Å². The van der Waals surface area contributed by atoms with Crippen LogP contribution in [0.4, 0.5) is 0 Å². The fourth-order valence-corrected chi connectivity index (χ4v) is 7.81. The van der Waals surface area contributed by atoms with Crippen LogP contribution in [0.1, 0.15) is 35.2 Å². The maximum Gasteiger partial charge on any atom is 0.338 e. The summed E-state index contributed by atoms with van der Waals surface area (Å²) in [5.41, 5.74) is 5.31. The molecule has 5 aromatic carbocycles. The molecule has 0 spiro atoms. The number of hydrogen-bond acceptors (Lipinski definition) is 6. The summed E-state index contributed by atoms with van der Waals surface area (Å²) >= 11 is 1.32. The molecule has 0 amide bonds. The van der Waals surface area contributed by atoms with Crippen molar-refractivity contribution in [2.45, 2.75) is 19.5 Å². The van der Waals surface area contributed by atoms with Crippen molar-refractivity contribution in [3.63, 3.8) is 0 Å². The number of aromatic nitrogens is 2. The van der Waals surface area contributed by atoms with Crippen molar-refractivity contribution in [3.8, 4) is 5.75 Å². The van der Waals surface area contributed by atoms with Crippen molar-refractivity contribution in [3.05, 3.63) is 175 Å². The Kier molecular flexibility index (Phi) is 8.22. The van der Waals surface area contributed by atoms with Crippen molar-refractivity contribution in [1.82, 2.24) is 9.13 Å². The van der Waals surface area contributed by atoms with Crippen LogP contribution < -0.4 is 19.6 Å². The van der Waals surface area contributed by atoms with Crippen molar-refractivity contribution in [1.29, 1.82) is 0 Å². The molecule has 0 aliphatic carbocycles. The molecule has 50 heavy (non-hydrogen) atoms. The van der Waals surface area contributed by atoms with Crippen LogP contribution in [0.25, 0.3) is 33.4 Å². The van der Waals surface area contributed by atoms with Crippen LogP contribution >= 0.6 is 11.3 Å². The Morgan fingerprint density at radius 1 is 0.860 bits per heavy atom. The van der Waals surface area contributed by atoms with Crippen LogP contribution in [0.5, 0.6) is 5.75 Å². The van der Waals surface area contributed by atoms with Gasteiger partial charge in [0, 0.05) is 34.8 Å². The molecule has 246 valence electrons. The van der Waals surface area contributed by atoms with Gasteiger partial charge in [0.15, 0.2) is 4.80 Å². The SMILES string of the molecule is CCOC(=O)C1=C(c2ccccc2)N=c2s/c(=C\c3cn(Cc4cccc5ccccc45)c4ccccc34)c(=O)n2[C@H]1c1ccc(OC)cc1. The zero-order valence-corrected chi connectivity index (χ0v) is 28.4. The Bertz CT molecular complexity index is 2610. The molecule has 0 saturated carbocycles. The third-order valence-electron chi connectivity index (χ3n) is 9.13. The summed E-state index contributed by atoms with van der Waals surface area (Å²) in [6, 6.07) is 39.3. The van der Waals surface area contributed by atoms with Gasteiger partial charge in [-0.15, -0.1) is 0 Å². The van der Waals surface area contributed by atoms with E-state index >= 15 is 0 Å². The number of benzene rings is 5. The average molecular weight is 676 g/mol. The molecule has 2 aromatic heterocycles. The first-order chi connectivity index (χ1) is 24.5. The Morgan fingerprint density at radius 2 is 1.58 bits per heavy atom. The van der Waals surface area contributed by atoms with E-state index < -0.39 is 12.0 Å². The van der Waals surface area contributed by atoms with E-state index in [1.807, 2.05) is 72.8 Å². The normalized spacial score (nSPS) is 14.5. The molecule has 0 bridgehead atoms. The smallest absolute Gasteiger partial charge is 0.338 e. The van der Waals surface area contributed by atoms with Gasteiger partial charge in [-0.2, -0.15) is 0 Å². The van der Waals surface area contributed by atoms with E-state index in [4.69, 9.17) is 14.5 Å². The van der Waals surface area contributed by atoms with Crippen LogP contribution in [0.15, 0.2) is 143 Å². The highest BCUT2D eigenvalue weighted by Gasteiger charge is 2.35. The van der Waals surface area contributed by atoms with E-state index in [0.717, 1.165) is 27.6 Å². The molecule has 0 N–H and O–H groups in total. The van der Waals surface area contributed by atoms with E-state index in [2.05, 4.69) is 65.4 Å². The predicted molar refractivity (Wildman–Crippen MR) is 199 cm³/mol. The molecular formula is C42H33N3O4S. The topological polar surface area (TPSA) is 74.8 Å². The largest absolute Gasteiger partial charge is 0.497 e. The van der Waals surface area contributed by atoms with Gasteiger partial charge in [0.2, 0.25) is 0 Å². The summed E-state index contributed by atoms with van der Waals surface area (Å²) in [6.45, 7) is 2.64. The molecule has 7 aromatic rings. The number of para-hydroxylation sites is 1. The molecular weight excluding hydrogens is 643 g/mol. The summed E-state index contributed by atoms with van der Waals surface area (Å²) < 4.78 is 15.4. The minimum absolute atomic E-state index is 0.187. The number of methoxy groups -OCH3 is 1. The molecule has 0 saturated heterocycles. The molecule has 8 rings (SSSR count). The maximum absolute atomic E-state index is 14.6. The minimum Gasteiger partial charge on any atom is -0.497 e. The highest BCUT2D eigenvalue weighted by atomic mass is 32.1. The molecule has 0 radical (unpaired) electrons. The highest BCUT2D eigenvalue weighted by molar-refractivity contribution is 7.07. The van der Waals surface area contributed by atoms with Gasteiger partial charge in [0.25, 0.3) is 5.56 Å². The number of esters is 1. The van der Waals surface area contributed by atoms with Gasteiger partial charge < -0.3 is 14.0 Å². The standard InChI is InChI=1S/C42H33N3O4S/c1-3-49-41(47)37-38(28-13-5-4-6-14-28)43-42-45(39(37)29-20-22-32(48-2)23-21-29)40(46)36(50-42)24-31-26-44(35-19-10-9-18-34(31)35)25-30-16-11-15-27-12-7-8-17-33(27)30/h4-24,26,39H,3,25H2,1-2H3/b36-24-/t39-/m0/s1. The zero-order valence-electron chi connectivity index (χ0n) is 27.6. The van der Waals surface area contributed by atoms with Gasteiger partial charge in [-0.1, -0.05) is 114 Å². The van der Waals surface area contributed by atoms with E-state index in [-0.39, 0.29) is 12.2 Å². The Balaban J connectivity index is 1.32. The molecule has 7 nitrogen and oxygen atoms in total. The molecule has 0 fully saturated rings. The highest BCUT2D eigenvalue weighted by Crippen LogP contribution is 2.36. The lowest BCUT2D eigenvalue weighted by molar-refractivity contribution is -0.138. The van der Waals surface area contributed by atoms with Crippen molar-refractivity contribution < 1.29 is 14.3 Å². The Labute approximate surface area is 292 Å². The number of rotatable bonds is 8. The van der Waals surface area contributed by atoms with Gasteiger partial charge in [-0.3, -0.25) is 9.36 Å². The maximum atomic E-state index is 14.6. The van der Waals surface area contributed by atoms with Crippen LogP contribution in [0.2, 0.25) is 0 Å². The van der Waals surface area contributed by atoms with Gasteiger partial charge in [0.05, 0.1) is 35.6 Å². The van der Waals surface area contributed by atoms with Crippen LogP contribution in [0.3, 0.4) is 0 Å². The quantitative estimate of drug-likeness (QED) is 0.161. The minimum atomic E-state index is -0.763. The summed E-state index contributed by atoms with van der Waals surface area (Å²) in [5, 5.41) is 3.46. The first-order valence-electron chi connectivity index (χ1n) is 16.5. The van der Waals surface area contributed by atoms with E-state index in [0.29, 0.717) is 32.9 Å². The average Bonchev–Trinajstić information content (AvgIpc) is 3.67. The van der Waals surface area contributed by atoms with E-state index in [1.54, 1.807) is 18.6 Å². The van der Waals surface area contributed by atoms with Gasteiger partial charge >= 0.3 is 5.97 Å². The molecule has 8 heteroatoms. The fourth-order valence-electron chi connectivity index (χ4n) is 6.82. The third kappa shape index (κ3) is 5.53. The Hall–Kier alpha value is -5.99. The number of thiazole rings is 1. The number of carbonyl (C=O) groups is 1. The van der Waals surface area contributed by atoms with Gasteiger partial charge in [0.1, 0.15) is 5.75 Å². The van der Waals surface area contributed by atoms with Crippen molar-refractivity contribution in [2.24, 2.45) is 4.99 Å². The van der Waals surface area contributed by atoms with Gasteiger partial charge in [-0.25, -0.2) is 9.79 Å². The zero-order chi connectivity index (χ0) is 34.2. The number of fused-ring (bicyclic) bond motifs is 3. The van der Waals surface area contributed by atoms with Gasteiger partial charge in [-0.05, 0) is 53.1 Å². The Morgan fingerprint density at radius 3 is 2.36 bits per heavy atom. The molecule has 1 aliphatic heterocycles. The summed E-state index contributed by atoms with van der Waals surface area (Å²) in [5.74, 6) is 0.160. The summed E-state index contributed by atoms with van der Waals surface area (Å²) in [7, 11) is 1.61. The second-order valence-corrected chi connectivity index (χ2v) is 13.1. The fraction of sp³-hybridized carbons (Fsp3) is 0.119. The van der Waals surface area contributed by atoms with Crippen LogP contribution in [-0.2, 0) is 16.1 Å². The molecule has 1 aliphatic rings. The molecule has 0 unspecified atom stereocenters. The van der Waals surface area contributed by atoms with Crippen LogP contribution in [-0.4, -0.2) is 28.8 Å². The lowest BCUT2D eigenvalue weighted by Crippen LogP contribution is -2.40. The van der Waals surface area contributed by atoms with E-state index in [1.165, 1.54) is 27.7 Å². The predicted octanol–water partition coefficient (Wildman–Crippen LogP) is 7.10. The lowest BCUT2D eigenvalue weighted by atomic mass is 9.93. The number of ether oxygens (including phenoxy) is 2. The summed E-state index contributed by atoms with van der Waals surface area (Å²) in [6.07, 6.45) is 4.07.